The van der Waals surface area contributed by atoms with Crippen molar-refractivity contribution < 1.29 is 4.79 Å². The number of nitrogen functional groups attached to an aromatic ring is 1. The highest BCUT2D eigenvalue weighted by Gasteiger charge is 2.12. The molecule has 0 unspecified atom stereocenters. The highest BCUT2D eigenvalue weighted by atomic mass is 32.1. The molecule has 1 amide bonds. The Bertz CT molecular complexity index is 632. The summed E-state index contributed by atoms with van der Waals surface area (Å²) in [5.74, 6) is 4.75. The van der Waals surface area contributed by atoms with E-state index in [9.17, 15) is 9.59 Å². The molecule has 0 aliphatic carbocycles. The maximum absolute atomic E-state index is 11.7. The fourth-order valence-corrected chi connectivity index (χ4v) is 2.36. The molecule has 2 aromatic heterocycles. The van der Waals surface area contributed by atoms with Crippen molar-refractivity contribution in [3.05, 3.63) is 50.3 Å². The van der Waals surface area contributed by atoms with Crippen LogP contribution in [0.5, 0.6) is 0 Å². The van der Waals surface area contributed by atoms with Crippen molar-refractivity contribution in [3.63, 3.8) is 0 Å². The fraction of sp³-hybridized carbons (Fsp3) is 0.182. The minimum Gasteiger partial charge on any atom is -0.295 e. The maximum atomic E-state index is 11.7. The molecular formula is C11H12N4O2S. The van der Waals surface area contributed by atoms with Crippen LogP contribution < -0.4 is 16.8 Å². The number of aryl methyl sites for hydroxylation is 1. The lowest BCUT2D eigenvalue weighted by Gasteiger charge is -2.05. The van der Waals surface area contributed by atoms with E-state index in [4.69, 9.17) is 5.84 Å². The molecule has 0 aliphatic heterocycles. The third kappa shape index (κ3) is 2.47. The number of rotatable bonds is 3. The molecular weight excluding hydrogens is 252 g/mol. The van der Waals surface area contributed by atoms with Crippen LogP contribution in [0.4, 0.5) is 0 Å². The Hall–Kier alpha value is -1.99. The first kappa shape index (κ1) is 12.5. The molecule has 94 valence electrons. The van der Waals surface area contributed by atoms with Crippen molar-refractivity contribution in [3.8, 4) is 0 Å². The lowest BCUT2D eigenvalue weighted by Crippen LogP contribution is -2.30. The van der Waals surface area contributed by atoms with Crippen LogP contribution in [0.1, 0.15) is 20.9 Å². The number of nitrogens with one attached hydrogen (secondary N) is 1. The summed E-state index contributed by atoms with van der Waals surface area (Å²) < 4.78 is 1.45. The van der Waals surface area contributed by atoms with E-state index in [0.717, 1.165) is 5.56 Å². The van der Waals surface area contributed by atoms with Gasteiger partial charge in [0.05, 0.1) is 17.7 Å². The zero-order valence-electron chi connectivity index (χ0n) is 9.71. The smallest absolute Gasteiger partial charge is 0.275 e. The Morgan fingerprint density at radius 1 is 1.61 bits per heavy atom. The van der Waals surface area contributed by atoms with E-state index in [1.165, 1.54) is 28.3 Å². The van der Waals surface area contributed by atoms with Crippen LogP contribution in [-0.2, 0) is 6.54 Å². The van der Waals surface area contributed by atoms with E-state index in [0.29, 0.717) is 17.1 Å². The van der Waals surface area contributed by atoms with Gasteiger partial charge in [-0.2, -0.15) is 0 Å². The standard InChI is InChI=1S/C11H12N4O2S/c1-7-4-9(16)15(6-13-7)5-8-2-3-18-10(8)11(17)14-12/h2-4,6H,5,12H2,1H3,(H,14,17). The van der Waals surface area contributed by atoms with Crippen LogP contribution in [0.25, 0.3) is 0 Å². The zero-order valence-corrected chi connectivity index (χ0v) is 10.5. The molecule has 0 radical (unpaired) electrons. The van der Waals surface area contributed by atoms with E-state index in [2.05, 4.69) is 10.4 Å². The summed E-state index contributed by atoms with van der Waals surface area (Å²) >= 11 is 1.28. The van der Waals surface area contributed by atoms with Gasteiger partial charge < -0.3 is 0 Å². The van der Waals surface area contributed by atoms with Crippen molar-refractivity contribution in [1.82, 2.24) is 15.0 Å². The predicted octanol–water partition coefficient (Wildman–Crippen LogP) is 0.265. The van der Waals surface area contributed by atoms with Crippen molar-refractivity contribution in [2.45, 2.75) is 13.5 Å². The van der Waals surface area contributed by atoms with Gasteiger partial charge in [-0.15, -0.1) is 11.3 Å². The van der Waals surface area contributed by atoms with Gasteiger partial charge in [-0.25, -0.2) is 10.8 Å². The first-order valence-electron chi connectivity index (χ1n) is 5.22. The van der Waals surface area contributed by atoms with Crippen LogP contribution in [-0.4, -0.2) is 15.5 Å². The van der Waals surface area contributed by atoms with Crippen LogP contribution in [0.2, 0.25) is 0 Å². The second-order valence-corrected chi connectivity index (χ2v) is 4.66. The normalized spacial score (nSPS) is 10.3. The van der Waals surface area contributed by atoms with Gasteiger partial charge in [-0.1, -0.05) is 0 Å². The number of carbonyl (C=O) groups excluding carboxylic acids is 1. The molecule has 0 saturated carbocycles. The predicted molar refractivity (Wildman–Crippen MR) is 68.3 cm³/mol. The molecule has 0 saturated heterocycles. The molecule has 0 atom stereocenters. The van der Waals surface area contributed by atoms with Gasteiger partial charge in [-0.3, -0.25) is 19.6 Å². The lowest BCUT2D eigenvalue weighted by molar-refractivity contribution is 0.0956. The number of carbonyl (C=O) groups is 1. The summed E-state index contributed by atoms with van der Waals surface area (Å²) in [7, 11) is 0. The van der Waals surface area contributed by atoms with E-state index in [-0.39, 0.29) is 11.5 Å². The molecule has 2 rings (SSSR count). The summed E-state index contributed by atoms with van der Waals surface area (Å²) in [6.07, 6.45) is 1.47. The lowest BCUT2D eigenvalue weighted by atomic mass is 10.2. The van der Waals surface area contributed by atoms with Crippen molar-refractivity contribution in [2.75, 3.05) is 0 Å². The monoisotopic (exact) mass is 264 g/mol. The largest absolute Gasteiger partial charge is 0.295 e. The number of hydrogen-bond acceptors (Lipinski definition) is 5. The van der Waals surface area contributed by atoms with Crippen LogP contribution in [0.3, 0.4) is 0 Å². The van der Waals surface area contributed by atoms with Crippen molar-refractivity contribution >= 4 is 17.2 Å². The van der Waals surface area contributed by atoms with E-state index in [1.54, 1.807) is 18.4 Å². The average Bonchev–Trinajstić information content (AvgIpc) is 2.80. The Kier molecular flexibility index (Phi) is 3.54. The van der Waals surface area contributed by atoms with Gasteiger partial charge in [0.15, 0.2) is 0 Å². The van der Waals surface area contributed by atoms with Gasteiger partial charge in [0.1, 0.15) is 0 Å². The topological polar surface area (TPSA) is 90.0 Å². The molecule has 2 aromatic rings. The summed E-state index contributed by atoms with van der Waals surface area (Å²) in [6.45, 7) is 2.06. The number of hydrazine groups is 1. The maximum Gasteiger partial charge on any atom is 0.275 e. The zero-order chi connectivity index (χ0) is 13.1. The molecule has 0 aromatic carbocycles. The highest BCUT2D eigenvalue weighted by molar-refractivity contribution is 7.12. The number of aromatic nitrogens is 2. The second kappa shape index (κ2) is 5.11. The Morgan fingerprint density at radius 3 is 3.06 bits per heavy atom. The number of nitrogens with two attached hydrogens (primary N) is 1. The molecule has 2 heterocycles. The fourth-order valence-electron chi connectivity index (χ4n) is 1.54. The summed E-state index contributed by atoms with van der Waals surface area (Å²) in [5, 5.41) is 1.78. The number of amides is 1. The van der Waals surface area contributed by atoms with Crippen molar-refractivity contribution in [1.29, 1.82) is 0 Å². The molecule has 0 bridgehead atoms. The Morgan fingerprint density at radius 2 is 2.39 bits per heavy atom. The molecule has 3 N–H and O–H groups in total. The molecule has 6 nitrogen and oxygen atoms in total. The minimum atomic E-state index is -0.354. The van der Waals surface area contributed by atoms with Crippen LogP contribution in [0.15, 0.2) is 28.6 Å². The van der Waals surface area contributed by atoms with Gasteiger partial charge in [0, 0.05) is 11.8 Å². The average molecular weight is 264 g/mol. The van der Waals surface area contributed by atoms with Gasteiger partial charge in [0.2, 0.25) is 0 Å². The SMILES string of the molecule is Cc1cc(=O)n(Cc2ccsc2C(=O)NN)cn1. The molecule has 7 heteroatoms. The minimum absolute atomic E-state index is 0.146. The van der Waals surface area contributed by atoms with Gasteiger partial charge in [-0.05, 0) is 23.9 Å². The van der Waals surface area contributed by atoms with Crippen LogP contribution >= 0.6 is 11.3 Å². The highest BCUT2D eigenvalue weighted by Crippen LogP contribution is 2.17. The summed E-state index contributed by atoms with van der Waals surface area (Å²) in [5.41, 5.74) is 3.35. The summed E-state index contributed by atoms with van der Waals surface area (Å²) in [6, 6.07) is 3.25. The van der Waals surface area contributed by atoms with E-state index in [1.807, 2.05) is 0 Å². The molecule has 0 aliphatic rings. The third-order valence-electron chi connectivity index (χ3n) is 2.44. The quantitative estimate of drug-likeness (QED) is 0.473. The Labute approximate surface area is 107 Å². The van der Waals surface area contributed by atoms with E-state index >= 15 is 0 Å². The van der Waals surface area contributed by atoms with Crippen molar-refractivity contribution in [2.24, 2.45) is 5.84 Å². The second-order valence-electron chi connectivity index (χ2n) is 3.74. The summed E-state index contributed by atoms with van der Waals surface area (Å²) in [4.78, 5) is 27.8. The van der Waals surface area contributed by atoms with Gasteiger partial charge >= 0.3 is 0 Å². The first-order valence-corrected chi connectivity index (χ1v) is 6.10. The Balaban J connectivity index is 2.32. The van der Waals surface area contributed by atoms with Gasteiger partial charge in [0.25, 0.3) is 11.5 Å². The molecule has 0 fully saturated rings. The number of hydrogen-bond donors (Lipinski definition) is 2. The van der Waals surface area contributed by atoms with E-state index < -0.39 is 0 Å². The number of nitrogens with zero attached hydrogens (tertiary/aromatic N) is 2. The molecule has 18 heavy (non-hydrogen) atoms. The number of thiophene rings is 1. The van der Waals surface area contributed by atoms with Crippen LogP contribution in [0, 0.1) is 6.92 Å². The first-order chi connectivity index (χ1) is 8.61. The molecule has 0 spiro atoms. The third-order valence-corrected chi connectivity index (χ3v) is 3.40.